The molecule has 0 unspecified atom stereocenters. The Morgan fingerprint density at radius 3 is 2.65 bits per heavy atom. The molecule has 1 heterocycles. The zero-order valence-corrected chi connectivity index (χ0v) is 11.5. The van der Waals surface area contributed by atoms with Crippen LogP contribution in [0, 0.1) is 16.0 Å². The van der Waals surface area contributed by atoms with Crippen molar-refractivity contribution < 1.29 is 13.3 Å². The molecule has 2 bridgehead atoms. The van der Waals surface area contributed by atoms with Crippen LogP contribution in [0.15, 0.2) is 29.2 Å². The number of sulfonamides is 1. The van der Waals surface area contributed by atoms with Crippen molar-refractivity contribution in [1.29, 1.82) is 0 Å². The lowest BCUT2D eigenvalue weighted by atomic mass is 10.1. The van der Waals surface area contributed by atoms with E-state index in [1.165, 1.54) is 24.3 Å². The number of benzene rings is 1. The Hall–Kier alpha value is -1.51. The van der Waals surface area contributed by atoms with Crippen molar-refractivity contribution in [2.45, 2.75) is 29.8 Å². The fourth-order valence-electron chi connectivity index (χ4n) is 3.08. The molecule has 108 valence electrons. The van der Waals surface area contributed by atoms with E-state index >= 15 is 0 Å². The lowest BCUT2D eigenvalue weighted by Gasteiger charge is -2.23. The summed E-state index contributed by atoms with van der Waals surface area (Å²) >= 11 is 0. The summed E-state index contributed by atoms with van der Waals surface area (Å²) in [6.07, 6.45) is 1.75. The number of fused-ring (bicyclic) bond motifs is 2. The topological polar surface area (TPSA) is 101 Å². The number of hydrogen-bond acceptors (Lipinski definition) is 5. The zero-order chi connectivity index (χ0) is 14.3. The van der Waals surface area contributed by atoms with E-state index in [-0.39, 0.29) is 17.0 Å². The van der Waals surface area contributed by atoms with Crippen LogP contribution >= 0.6 is 0 Å². The molecule has 1 aliphatic heterocycles. The van der Waals surface area contributed by atoms with E-state index in [2.05, 4.69) is 10.0 Å². The summed E-state index contributed by atoms with van der Waals surface area (Å²) in [7, 11) is -3.87. The molecule has 20 heavy (non-hydrogen) atoms. The van der Waals surface area contributed by atoms with Crippen LogP contribution in [0.3, 0.4) is 0 Å². The standard InChI is InChI=1S/C12H15N3O4S/c16-15(17)11-3-1-2-4-12(11)20(18,19)14-10-6-8-5-9(10)13-7-8/h1-4,8-10,13-14H,5-7H2/t8-,9+,10+/m0/s1. The van der Waals surface area contributed by atoms with E-state index < -0.39 is 20.6 Å². The quantitative estimate of drug-likeness (QED) is 0.627. The third kappa shape index (κ3) is 2.30. The number of nitrogens with one attached hydrogen (secondary N) is 2. The number of rotatable bonds is 4. The first-order chi connectivity index (χ1) is 9.47. The molecule has 0 amide bonds. The van der Waals surface area contributed by atoms with E-state index in [0.29, 0.717) is 5.92 Å². The molecule has 2 fully saturated rings. The third-order valence-electron chi connectivity index (χ3n) is 3.99. The Morgan fingerprint density at radius 1 is 1.30 bits per heavy atom. The molecule has 7 nitrogen and oxygen atoms in total. The molecule has 0 spiro atoms. The summed E-state index contributed by atoms with van der Waals surface area (Å²) in [6.45, 7) is 0.925. The second-order valence-electron chi connectivity index (χ2n) is 5.30. The lowest BCUT2D eigenvalue weighted by Crippen LogP contribution is -2.47. The highest BCUT2D eigenvalue weighted by Gasteiger charge is 2.42. The average Bonchev–Trinajstić information content (AvgIpc) is 3.00. The summed E-state index contributed by atoms with van der Waals surface area (Å²) in [6, 6.07) is 5.36. The van der Waals surface area contributed by atoms with Crippen molar-refractivity contribution >= 4 is 15.7 Å². The molecule has 1 aromatic carbocycles. The molecular formula is C12H15N3O4S. The predicted octanol–water partition coefficient (Wildman–Crippen LogP) is 0.623. The molecule has 8 heteroatoms. The van der Waals surface area contributed by atoms with Gasteiger partial charge < -0.3 is 5.32 Å². The van der Waals surface area contributed by atoms with E-state index in [1.54, 1.807) is 0 Å². The molecule has 1 saturated heterocycles. The molecular weight excluding hydrogens is 282 g/mol. The minimum absolute atomic E-state index is 0.137. The van der Waals surface area contributed by atoms with Crippen LogP contribution in [0.4, 0.5) is 5.69 Å². The van der Waals surface area contributed by atoms with Crippen LogP contribution in [-0.2, 0) is 10.0 Å². The molecule has 3 atom stereocenters. The molecule has 2 aliphatic rings. The van der Waals surface area contributed by atoms with Crippen LogP contribution in [0.1, 0.15) is 12.8 Å². The van der Waals surface area contributed by atoms with Crippen molar-refractivity contribution in [2.24, 2.45) is 5.92 Å². The van der Waals surface area contributed by atoms with Gasteiger partial charge >= 0.3 is 0 Å². The number of para-hydroxylation sites is 1. The van der Waals surface area contributed by atoms with Gasteiger partial charge in [-0.2, -0.15) is 0 Å². The van der Waals surface area contributed by atoms with Gasteiger partial charge in [0.25, 0.3) is 5.69 Å². The van der Waals surface area contributed by atoms with Gasteiger partial charge in [-0.05, 0) is 31.4 Å². The highest BCUT2D eigenvalue weighted by atomic mass is 32.2. The van der Waals surface area contributed by atoms with Crippen molar-refractivity contribution in [1.82, 2.24) is 10.0 Å². The van der Waals surface area contributed by atoms with E-state index in [9.17, 15) is 18.5 Å². The van der Waals surface area contributed by atoms with Crippen LogP contribution in [0.2, 0.25) is 0 Å². The van der Waals surface area contributed by atoms with Gasteiger partial charge in [0, 0.05) is 18.2 Å². The Morgan fingerprint density at radius 2 is 2.05 bits per heavy atom. The van der Waals surface area contributed by atoms with Crippen LogP contribution in [-0.4, -0.2) is 32.0 Å². The molecule has 1 aromatic rings. The minimum atomic E-state index is -3.87. The average molecular weight is 297 g/mol. The van der Waals surface area contributed by atoms with Gasteiger partial charge in [-0.25, -0.2) is 13.1 Å². The van der Waals surface area contributed by atoms with E-state index in [0.717, 1.165) is 19.4 Å². The monoisotopic (exact) mass is 297 g/mol. The molecule has 2 N–H and O–H groups in total. The fourth-order valence-corrected chi connectivity index (χ4v) is 4.54. The van der Waals surface area contributed by atoms with Gasteiger partial charge in [-0.15, -0.1) is 0 Å². The smallest absolute Gasteiger partial charge is 0.289 e. The first kappa shape index (κ1) is 13.5. The number of piperidine rings is 1. The highest BCUT2D eigenvalue weighted by molar-refractivity contribution is 7.89. The Kier molecular flexibility index (Phi) is 3.23. The number of hydrogen-bond donors (Lipinski definition) is 2. The van der Waals surface area contributed by atoms with E-state index in [1.807, 2.05) is 0 Å². The van der Waals surface area contributed by atoms with Gasteiger partial charge in [0.15, 0.2) is 4.90 Å². The van der Waals surface area contributed by atoms with Crippen molar-refractivity contribution in [3.8, 4) is 0 Å². The van der Waals surface area contributed by atoms with Crippen LogP contribution in [0.5, 0.6) is 0 Å². The highest BCUT2D eigenvalue weighted by Crippen LogP contribution is 2.32. The molecule has 1 saturated carbocycles. The van der Waals surface area contributed by atoms with Gasteiger partial charge in [0.1, 0.15) is 0 Å². The lowest BCUT2D eigenvalue weighted by molar-refractivity contribution is -0.387. The second-order valence-corrected chi connectivity index (χ2v) is 6.99. The first-order valence-electron chi connectivity index (χ1n) is 6.46. The predicted molar refractivity (Wildman–Crippen MR) is 71.7 cm³/mol. The van der Waals surface area contributed by atoms with Gasteiger partial charge in [-0.3, -0.25) is 10.1 Å². The van der Waals surface area contributed by atoms with Crippen molar-refractivity contribution in [3.63, 3.8) is 0 Å². The Balaban J connectivity index is 1.87. The van der Waals surface area contributed by atoms with Gasteiger partial charge in [0.2, 0.25) is 10.0 Å². The third-order valence-corrected chi connectivity index (χ3v) is 5.52. The van der Waals surface area contributed by atoms with E-state index in [4.69, 9.17) is 0 Å². The van der Waals surface area contributed by atoms with Crippen LogP contribution in [0.25, 0.3) is 0 Å². The molecule has 0 aromatic heterocycles. The fraction of sp³-hybridized carbons (Fsp3) is 0.500. The molecule has 1 aliphatic carbocycles. The minimum Gasteiger partial charge on any atom is -0.312 e. The summed E-state index contributed by atoms with van der Waals surface area (Å²) in [5.74, 6) is 0.499. The zero-order valence-electron chi connectivity index (χ0n) is 10.7. The molecule has 3 rings (SSSR count). The number of nitro benzene ring substituents is 1. The SMILES string of the molecule is O=[N+]([O-])c1ccccc1S(=O)(=O)N[C@@H]1C[C@H]2CN[C@@H]1C2. The normalized spacial score (nSPS) is 28.7. The van der Waals surface area contributed by atoms with Crippen molar-refractivity contribution in [2.75, 3.05) is 6.54 Å². The summed E-state index contributed by atoms with van der Waals surface area (Å²) < 4.78 is 27.3. The summed E-state index contributed by atoms with van der Waals surface area (Å²) in [4.78, 5) is 9.99. The van der Waals surface area contributed by atoms with Crippen LogP contribution < -0.4 is 10.0 Å². The maximum atomic E-state index is 12.3. The largest absolute Gasteiger partial charge is 0.312 e. The molecule has 0 radical (unpaired) electrons. The number of nitrogens with zero attached hydrogens (tertiary/aromatic N) is 1. The summed E-state index contributed by atoms with van der Waals surface area (Å²) in [5, 5.41) is 14.2. The second kappa shape index (κ2) is 4.80. The van der Waals surface area contributed by atoms with Gasteiger partial charge in [0.05, 0.1) is 4.92 Å². The maximum absolute atomic E-state index is 12.3. The first-order valence-corrected chi connectivity index (χ1v) is 7.95. The van der Waals surface area contributed by atoms with Crippen molar-refractivity contribution in [3.05, 3.63) is 34.4 Å². The Bertz CT molecular complexity index is 646. The number of nitro groups is 1. The summed E-state index contributed by atoms with van der Waals surface area (Å²) in [5.41, 5.74) is -0.392. The van der Waals surface area contributed by atoms with Gasteiger partial charge in [-0.1, -0.05) is 12.1 Å². The maximum Gasteiger partial charge on any atom is 0.289 e. The Labute approximate surface area is 116 Å².